The molecule has 0 radical (unpaired) electrons. The fourth-order valence-corrected chi connectivity index (χ4v) is 4.39. The zero-order valence-corrected chi connectivity index (χ0v) is 12.9. The lowest BCUT2D eigenvalue weighted by atomic mass is 9.79. The van der Waals surface area contributed by atoms with Crippen molar-refractivity contribution in [3.63, 3.8) is 0 Å². The van der Waals surface area contributed by atoms with Gasteiger partial charge in [0.15, 0.2) is 0 Å². The molecule has 0 amide bonds. The molecule has 4 atom stereocenters. The molecule has 1 aliphatic heterocycles. The smallest absolute Gasteiger partial charge is 0.0543 e. The Balaban J connectivity index is 2.03. The zero-order valence-electron chi connectivity index (χ0n) is 12.9. The number of hydrogen-bond donors (Lipinski definition) is 0. The van der Waals surface area contributed by atoms with E-state index in [1.54, 1.807) is 0 Å². The second kappa shape index (κ2) is 4.56. The summed E-state index contributed by atoms with van der Waals surface area (Å²) in [4.78, 5) is 4.86. The first-order valence-corrected chi connectivity index (χ1v) is 7.89. The summed E-state index contributed by atoms with van der Waals surface area (Å²) in [6, 6.07) is 16.1. The molecule has 0 spiro atoms. The highest BCUT2D eigenvalue weighted by Gasteiger charge is 2.42. The molecular weight excluding hydrogens is 254 g/mol. The van der Waals surface area contributed by atoms with Crippen molar-refractivity contribution in [2.45, 2.75) is 38.6 Å². The van der Waals surface area contributed by atoms with Gasteiger partial charge in [-0.25, -0.2) is 0 Å². The minimum atomic E-state index is 0.348. The Labute approximate surface area is 126 Å². The van der Waals surface area contributed by atoms with Crippen LogP contribution in [0.25, 0.3) is 0 Å². The predicted octanol–water partition coefficient (Wildman–Crippen LogP) is 4.68. The quantitative estimate of drug-likeness (QED) is 0.662. The molecule has 1 heterocycles. The molecule has 1 aliphatic carbocycles. The molecule has 0 fully saturated rings. The third-order valence-corrected chi connectivity index (χ3v) is 5.33. The van der Waals surface area contributed by atoms with Gasteiger partial charge in [-0.15, -0.1) is 0 Å². The van der Waals surface area contributed by atoms with Gasteiger partial charge in [0.25, 0.3) is 0 Å². The number of aliphatic imine (C=N–C) groups is 1. The molecule has 106 valence electrons. The fourth-order valence-electron chi connectivity index (χ4n) is 4.39. The second-order valence-electron chi connectivity index (χ2n) is 6.64. The van der Waals surface area contributed by atoms with Crippen molar-refractivity contribution in [2.75, 3.05) is 0 Å². The summed E-state index contributed by atoms with van der Waals surface area (Å²) in [7, 11) is 0. The van der Waals surface area contributed by atoms with Crippen molar-refractivity contribution in [1.29, 1.82) is 0 Å². The van der Waals surface area contributed by atoms with Crippen LogP contribution < -0.4 is 0 Å². The molecule has 2 aromatic carbocycles. The summed E-state index contributed by atoms with van der Waals surface area (Å²) in [6.07, 6.45) is 2.09. The highest BCUT2D eigenvalue weighted by atomic mass is 14.8. The molecule has 1 nitrogen and oxygen atoms in total. The third kappa shape index (κ3) is 1.80. The molecule has 0 saturated heterocycles. The lowest BCUT2D eigenvalue weighted by molar-refractivity contribution is 0.409. The van der Waals surface area contributed by atoms with Crippen LogP contribution >= 0.6 is 0 Å². The average molecular weight is 275 g/mol. The molecule has 2 bridgehead atoms. The van der Waals surface area contributed by atoms with Gasteiger partial charge in [-0.1, -0.05) is 55.0 Å². The molecule has 2 aromatic rings. The van der Waals surface area contributed by atoms with E-state index in [9.17, 15) is 0 Å². The number of rotatable bonds is 0. The van der Waals surface area contributed by atoms with Gasteiger partial charge in [-0.2, -0.15) is 0 Å². The summed E-state index contributed by atoms with van der Waals surface area (Å²) in [6.45, 7) is 6.84. The molecule has 21 heavy (non-hydrogen) atoms. The third-order valence-electron chi connectivity index (χ3n) is 5.33. The van der Waals surface area contributed by atoms with Gasteiger partial charge >= 0.3 is 0 Å². The first kappa shape index (κ1) is 12.8. The van der Waals surface area contributed by atoms with E-state index in [2.05, 4.69) is 69.5 Å². The molecular formula is C20H21N. The van der Waals surface area contributed by atoms with Crippen LogP contribution in [0.4, 0.5) is 0 Å². The molecule has 4 rings (SSSR count). The van der Waals surface area contributed by atoms with Crippen molar-refractivity contribution in [3.05, 3.63) is 70.3 Å². The Morgan fingerprint density at radius 2 is 1.67 bits per heavy atom. The van der Waals surface area contributed by atoms with Crippen LogP contribution in [0.15, 0.2) is 47.5 Å². The van der Waals surface area contributed by atoms with Crippen LogP contribution in [0.1, 0.15) is 53.5 Å². The Morgan fingerprint density at radius 1 is 0.905 bits per heavy atom. The monoisotopic (exact) mass is 275 g/mol. The van der Waals surface area contributed by atoms with Gasteiger partial charge in [-0.3, -0.25) is 4.99 Å². The Bertz CT molecular complexity index is 728. The number of aryl methyl sites for hydroxylation is 1. The average Bonchev–Trinajstić information content (AvgIpc) is 2.78. The largest absolute Gasteiger partial charge is 0.289 e. The van der Waals surface area contributed by atoms with Crippen LogP contribution in [-0.2, 0) is 0 Å². The van der Waals surface area contributed by atoms with E-state index in [4.69, 9.17) is 4.99 Å². The highest BCUT2D eigenvalue weighted by Crippen LogP contribution is 2.52. The molecule has 0 N–H and O–H groups in total. The predicted molar refractivity (Wildman–Crippen MR) is 88.4 cm³/mol. The zero-order chi connectivity index (χ0) is 14.6. The van der Waals surface area contributed by atoms with E-state index >= 15 is 0 Å². The summed E-state index contributed by atoms with van der Waals surface area (Å²) >= 11 is 0. The van der Waals surface area contributed by atoms with E-state index in [0.717, 1.165) is 0 Å². The molecule has 0 saturated carbocycles. The van der Waals surface area contributed by atoms with Crippen molar-refractivity contribution < 1.29 is 0 Å². The van der Waals surface area contributed by atoms with E-state index in [1.165, 1.54) is 27.8 Å². The summed E-state index contributed by atoms with van der Waals surface area (Å²) in [5, 5.41) is 0. The first-order valence-electron chi connectivity index (χ1n) is 7.89. The van der Waals surface area contributed by atoms with Crippen molar-refractivity contribution in [2.24, 2.45) is 10.9 Å². The van der Waals surface area contributed by atoms with Crippen LogP contribution in [-0.4, -0.2) is 12.3 Å². The normalized spacial score (nSPS) is 29.5. The number of fused-ring (bicyclic) bond motifs is 7. The number of nitrogens with zero attached hydrogens (tertiary/aromatic N) is 1. The van der Waals surface area contributed by atoms with Crippen molar-refractivity contribution >= 4 is 6.21 Å². The number of benzene rings is 2. The minimum absolute atomic E-state index is 0.348. The van der Waals surface area contributed by atoms with E-state index in [-0.39, 0.29) is 0 Å². The molecule has 0 aromatic heterocycles. The SMILES string of the molecule is Cc1ccc2c(c1)C1c3ccccc3C(C(C)N=C2)C1C. The van der Waals surface area contributed by atoms with Gasteiger partial charge in [0, 0.05) is 18.1 Å². The van der Waals surface area contributed by atoms with Crippen LogP contribution in [0.5, 0.6) is 0 Å². The second-order valence-corrected chi connectivity index (χ2v) is 6.64. The fraction of sp³-hybridized carbons (Fsp3) is 0.350. The van der Waals surface area contributed by atoms with Gasteiger partial charge in [0.2, 0.25) is 0 Å². The Morgan fingerprint density at radius 3 is 2.48 bits per heavy atom. The lowest BCUT2D eigenvalue weighted by Crippen LogP contribution is -2.21. The highest BCUT2D eigenvalue weighted by molar-refractivity contribution is 5.83. The minimum Gasteiger partial charge on any atom is -0.289 e. The van der Waals surface area contributed by atoms with Crippen LogP contribution in [0.3, 0.4) is 0 Å². The van der Waals surface area contributed by atoms with Gasteiger partial charge in [0.05, 0.1) is 6.04 Å². The summed E-state index contributed by atoms with van der Waals surface area (Å²) in [5.41, 5.74) is 7.10. The lowest BCUT2D eigenvalue weighted by Gasteiger charge is -2.28. The van der Waals surface area contributed by atoms with Gasteiger partial charge in [-0.05, 0) is 42.0 Å². The summed E-state index contributed by atoms with van der Waals surface area (Å²) < 4.78 is 0. The maximum atomic E-state index is 4.86. The number of hydrogen-bond acceptors (Lipinski definition) is 1. The molecule has 2 aliphatic rings. The van der Waals surface area contributed by atoms with Crippen LogP contribution in [0, 0.1) is 12.8 Å². The first-order chi connectivity index (χ1) is 10.2. The molecule has 4 unspecified atom stereocenters. The van der Waals surface area contributed by atoms with E-state index in [0.29, 0.717) is 23.8 Å². The standard InChI is InChI=1S/C20H21N/c1-12-8-9-15-11-21-14(3)19-13(2)20(18(15)10-12)17-7-5-4-6-16(17)19/h4-11,13-14,19-20H,1-3H3. The van der Waals surface area contributed by atoms with E-state index < -0.39 is 0 Å². The van der Waals surface area contributed by atoms with Crippen molar-refractivity contribution in [3.8, 4) is 0 Å². The topological polar surface area (TPSA) is 12.4 Å². The van der Waals surface area contributed by atoms with Gasteiger partial charge in [0.1, 0.15) is 0 Å². The maximum Gasteiger partial charge on any atom is 0.0543 e. The summed E-state index contributed by atoms with van der Waals surface area (Å²) in [5.74, 6) is 1.65. The Hall–Kier alpha value is -1.89. The van der Waals surface area contributed by atoms with Crippen molar-refractivity contribution in [1.82, 2.24) is 0 Å². The molecule has 1 heteroatoms. The maximum absolute atomic E-state index is 4.86. The Kier molecular flexibility index (Phi) is 2.78. The van der Waals surface area contributed by atoms with Gasteiger partial charge < -0.3 is 0 Å². The van der Waals surface area contributed by atoms with Crippen LogP contribution in [0.2, 0.25) is 0 Å². The van der Waals surface area contributed by atoms with E-state index in [1.807, 2.05) is 0 Å².